The van der Waals surface area contributed by atoms with Crippen molar-refractivity contribution in [3.8, 4) is 5.75 Å². The first-order chi connectivity index (χ1) is 12.8. The van der Waals surface area contributed by atoms with Gasteiger partial charge in [0.15, 0.2) is 6.61 Å². The summed E-state index contributed by atoms with van der Waals surface area (Å²) >= 11 is 6.06. The molecule has 148 valence electrons. The normalized spacial score (nSPS) is 25.1. The van der Waals surface area contributed by atoms with E-state index in [-0.39, 0.29) is 22.1 Å². The fourth-order valence-electron chi connectivity index (χ4n) is 4.39. The molecule has 2 heterocycles. The molecule has 0 bridgehead atoms. The van der Waals surface area contributed by atoms with Gasteiger partial charge >= 0.3 is 0 Å². The number of benzene rings is 1. The molecule has 1 atom stereocenters. The van der Waals surface area contributed by atoms with Crippen molar-refractivity contribution in [1.29, 1.82) is 0 Å². The van der Waals surface area contributed by atoms with Gasteiger partial charge in [0.25, 0.3) is 5.91 Å². The summed E-state index contributed by atoms with van der Waals surface area (Å²) in [7, 11) is -3.80. The van der Waals surface area contributed by atoms with E-state index in [1.165, 1.54) is 18.2 Å². The van der Waals surface area contributed by atoms with Gasteiger partial charge in [-0.05, 0) is 49.8 Å². The van der Waals surface area contributed by atoms with E-state index in [4.69, 9.17) is 26.8 Å². The van der Waals surface area contributed by atoms with Gasteiger partial charge in [-0.25, -0.2) is 8.42 Å². The van der Waals surface area contributed by atoms with Crippen LogP contribution in [0.3, 0.4) is 0 Å². The Bertz CT molecular complexity index is 849. The molecule has 2 N–H and O–H groups in total. The molecule has 1 saturated carbocycles. The van der Waals surface area contributed by atoms with Gasteiger partial charge in [-0.1, -0.05) is 11.6 Å². The van der Waals surface area contributed by atoms with E-state index in [0.29, 0.717) is 30.7 Å². The molecule has 1 aliphatic carbocycles. The van der Waals surface area contributed by atoms with E-state index < -0.39 is 22.5 Å². The van der Waals surface area contributed by atoms with Crippen molar-refractivity contribution in [1.82, 2.24) is 4.31 Å². The summed E-state index contributed by atoms with van der Waals surface area (Å²) in [6.45, 7) is 1.46. The number of sulfonamides is 1. The summed E-state index contributed by atoms with van der Waals surface area (Å²) in [6, 6.07) is 4.38. The van der Waals surface area contributed by atoms with E-state index in [1.54, 1.807) is 4.31 Å². The van der Waals surface area contributed by atoms with Gasteiger partial charge < -0.3 is 15.2 Å². The van der Waals surface area contributed by atoms with Crippen LogP contribution in [-0.2, 0) is 19.6 Å². The van der Waals surface area contributed by atoms with Crippen molar-refractivity contribution in [3.05, 3.63) is 23.2 Å². The Morgan fingerprint density at radius 1 is 1.33 bits per heavy atom. The van der Waals surface area contributed by atoms with Crippen molar-refractivity contribution in [2.75, 3.05) is 26.4 Å². The first-order valence-corrected chi connectivity index (χ1v) is 11.0. The second kappa shape index (κ2) is 6.92. The molecule has 3 aliphatic rings. The van der Waals surface area contributed by atoms with Crippen LogP contribution < -0.4 is 10.5 Å². The minimum atomic E-state index is -3.80. The van der Waals surface area contributed by atoms with Gasteiger partial charge in [-0.2, -0.15) is 4.31 Å². The van der Waals surface area contributed by atoms with Crippen molar-refractivity contribution in [3.63, 3.8) is 0 Å². The number of hydrogen-bond acceptors (Lipinski definition) is 5. The lowest BCUT2D eigenvalue weighted by atomic mass is 9.66. The molecule has 0 radical (unpaired) electrons. The van der Waals surface area contributed by atoms with E-state index in [0.717, 1.165) is 25.7 Å². The third kappa shape index (κ3) is 3.44. The molecule has 1 aromatic carbocycles. The average molecular weight is 415 g/mol. The number of rotatable bonds is 6. The third-order valence-electron chi connectivity index (χ3n) is 5.83. The van der Waals surface area contributed by atoms with E-state index in [1.807, 2.05) is 0 Å². The molecular weight excluding hydrogens is 392 g/mol. The van der Waals surface area contributed by atoms with Gasteiger partial charge in [0.05, 0.1) is 0 Å². The van der Waals surface area contributed by atoms with Crippen LogP contribution in [0, 0.1) is 11.3 Å². The molecular formula is C18H23ClN2O5S. The van der Waals surface area contributed by atoms with Crippen molar-refractivity contribution in [2.45, 2.75) is 36.6 Å². The van der Waals surface area contributed by atoms with Crippen LogP contribution >= 0.6 is 11.6 Å². The van der Waals surface area contributed by atoms with Gasteiger partial charge in [0, 0.05) is 36.2 Å². The summed E-state index contributed by atoms with van der Waals surface area (Å²) in [5.41, 5.74) is 5.14. The minimum Gasteiger partial charge on any atom is -0.482 e. The second-order valence-corrected chi connectivity index (χ2v) is 9.95. The summed E-state index contributed by atoms with van der Waals surface area (Å²) < 4.78 is 39.3. The SMILES string of the molecule is NC(=O)COc1ccc(Cl)cc1S(=O)(=O)N1CC2(CCOCC2)C1C1CC1. The van der Waals surface area contributed by atoms with E-state index in [9.17, 15) is 13.2 Å². The number of carbonyl (C=O) groups is 1. The molecule has 1 spiro atoms. The highest BCUT2D eigenvalue weighted by molar-refractivity contribution is 7.89. The first kappa shape index (κ1) is 19.0. The number of nitrogens with two attached hydrogens (primary N) is 1. The van der Waals surface area contributed by atoms with Crippen LogP contribution in [0.1, 0.15) is 25.7 Å². The Morgan fingerprint density at radius 3 is 2.67 bits per heavy atom. The summed E-state index contributed by atoms with van der Waals surface area (Å²) in [4.78, 5) is 11.0. The average Bonchev–Trinajstić information content (AvgIpc) is 3.44. The molecule has 7 nitrogen and oxygen atoms in total. The maximum Gasteiger partial charge on any atom is 0.255 e. The van der Waals surface area contributed by atoms with Crippen molar-refractivity contribution >= 4 is 27.5 Å². The fraction of sp³-hybridized carbons (Fsp3) is 0.611. The first-order valence-electron chi connectivity index (χ1n) is 9.14. The fourth-order valence-corrected chi connectivity index (χ4v) is 6.65. The number of nitrogens with zero attached hydrogens (tertiary/aromatic N) is 1. The summed E-state index contributed by atoms with van der Waals surface area (Å²) in [6.07, 6.45) is 3.89. The molecule has 3 fully saturated rings. The van der Waals surface area contributed by atoms with Crippen LogP contribution in [0.25, 0.3) is 0 Å². The number of carbonyl (C=O) groups excluding carboxylic acids is 1. The Balaban J connectivity index is 1.65. The number of hydrogen-bond donors (Lipinski definition) is 1. The van der Waals surface area contributed by atoms with Gasteiger partial charge in [-0.3, -0.25) is 4.79 Å². The largest absolute Gasteiger partial charge is 0.482 e. The molecule has 4 rings (SSSR count). The number of amides is 1. The predicted molar refractivity (Wildman–Crippen MR) is 99.0 cm³/mol. The quantitative estimate of drug-likeness (QED) is 0.764. The molecule has 1 aromatic rings. The highest BCUT2D eigenvalue weighted by atomic mass is 35.5. The summed E-state index contributed by atoms with van der Waals surface area (Å²) in [5.74, 6) is -0.171. The third-order valence-corrected chi connectivity index (χ3v) is 7.91. The molecule has 9 heteroatoms. The predicted octanol–water partition coefficient (Wildman–Crippen LogP) is 1.78. The lowest BCUT2D eigenvalue weighted by Gasteiger charge is -2.58. The van der Waals surface area contributed by atoms with E-state index >= 15 is 0 Å². The Morgan fingerprint density at radius 2 is 2.04 bits per heavy atom. The van der Waals surface area contributed by atoms with Gasteiger partial charge in [0.1, 0.15) is 10.6 Å². The van der Waals surface area contributed by atoms with Crippen LogP contribution in [-0.4, -0.2) is 51.0 Å². The monoisotopic (exact) mass is 414 g/mol. The number of halogens is 1. The summed E-state index contributed by atoms with van der Waals surface area (Å²) in [5, 5.41) is 0.296. The molecule has 2 aliphatic heterocycles. The van der Waals surface area contributed by atoms with Crippen molar-refractivity contribution in [2.24, 2.45) is 17.1 Å². The minimum absolute atomic E-state index is 0.00521. The number of ether oxygens (including phenoxy) is 2. The molecule has 0 aromatic heterocycles. The lowest BCUT2D eigenvalue weighted by molar-refractivity contribution is -0.120. The van der Waals surface area contributed by atoms with Crippen molar-refractivity contribution < 1.29 is 22.7 Å². The zero-order valence-electron chi connectivity index (χ0n) is 14.9. The van der Waals surface area contributed by atoms with Crippen LogP contribution in [0.15, 0.2) is 23.1 Å². The Labute approximate surface area is 163 Å². The lowest BCUT2D eigenvalue weighted by Crippen LogP contribution is -2.68. The van der Waals surface area contributed by atoms with Gasteiger partial charge in [0.2, 0.25) is 10.0 Å². The van der Waals surface area contributed by atoms with E-state index in [2.05, 4.69) is 0 Å². The maximum absolute atomic E-state index is 13.4. The zero-order valence-corrected chi connectivity index (χ0v) is 16.5. The molecule has 1 amide bonds. The highest BCUT2D eigenvalue weighted by Gasteiger charge is 2.61. The Hall–Kier alpha value is -1.35. The standard InChI is InChI=1S/C18H23ClN2O5S/c19-13-3-4-14(26-10-16(20)22)15(9-13)27(23,24)21-11-18(5-7-25-8-6-18)17(21)12-1-2-12/h3-4,9,12,17H,1-2,5-8,10-11H2,(H2,20,22). The van der Waals surface area contributed by atoms with Crippen LogP contribution in [0.4, 0.5) is 0 Å². The van der Waals surface area contributed by atoms with Crippen LogP contribution in [0.2, 0.25) is 5.02 Å². The topological polar surface area (TPSA) is 98.9 Å². The zero-order chi connectivity index (χ0) is 19.2. The van der Waals surface area contributed by atoms with Crippen LogP contribution in [0.5, 0.6) is 5.75 Å². The van der Waals surface area contributed by atoms with Gasteiger partial charge in [-0.15, -0.1) is 0 Å². The number of primary amides is 1. The molecule has 1 unspecified atom stereocenters. The highest BCUT2D eigenvalue weighted by Crippen LogP contribution is 2.56. The molecule has 27 heavy (non-hydrogen) atoms. The maximum atomic E-state index is 13.4. The Kier molecular flexibility index (Phi) is 4.86. The smallest absolute Gasteiger partial charge is 0.255 e. The molecule has 2 saturated heterocycles. The second-order valence-electron chi connectivity index (χ2n) is 7.65.